The van der Waals surface area contributed by atoms with Crippen LogP contribution in [0.3, 0.4) is 0 Å². The van der Waals surface area contributed by atoms with Crippen LogP contribution in [0.15, 0.2) is 48.5 Å². The molecule has 0 bridgehead atoms. The van der Waals surface area contributed by atoms with Gasteiger partial charge in [-0.05, 0) is 36.4 Å². The first-order valence-corrected chi connectivity index (χ1v) is 6.79. The minimum atomic E-state index is 0.0713. The lowest BCUT2D eigenvalue weighted by atomic mass is 10.2. The maximum Gasteiger partial charge on any atom is 0.181 e. The second kappa shape index (κ2) is 5.84. The lowest BCUT2D eigenvalue weighted by molar-refractivity contribution is -0.676. The van der Waals surface area contributed by atoms with E-state index in [1.807, 2.05) is 36.4 Å². The van der Waals surface area contributed by atoms with Gasteiger partial charge in [-0.3, -0.25) is 0 Å². The van der Waals surface area contributed by atoms with Crippen LogP contribution in [0.1, 0.15) is 5.56 Å². The van der Waals surface area contributed by atoms with Gasteiger partial charge in [-0.2, -0.15) is 0 Å². The molecule has 0 aromatic heterocycles. The molecular weight excluding hydrogens is 254 g/mol. The third-order valence-corrected chi connectivity index (χ3v) is 3.31. The summed E-state index contributed by atoms with van der Waals surface area (Å²) in [5.41, 5.74) is 1.18. The van der Waals surface area contributed by atoms with Gasteiger partial charge in [-0.1, -0.05) is 12.1 Å². The van der Waals surface area contributed by atoms with E-state index in [4.69, 9.17) is 9.47 Å². The van der Waals surface area contributed by atoms with Gasteiger partial charge in [-0.15, -0.1) is 0 Å². The first-order chi connectivity index (χ1) is 9.81. The maximum absolute atomic E-state index is 9.23. The molecule has 0 unspecified atom stereocenters. The third kappa shape index (κ3) is 3.03. The lowest BCUT2D eigenvalue weighted by Gasteiger charge is -2.25. The Morgan fingerprint density at radius 3 is 2.60 bits per heavy atom. The van der Waals surface area contributed by atoms with Crippen molar-refractivity contribution < 1.29 is 19.9 Å². The molecule has 0 saturated heterocycles. The zero-order valence-electron chi connectivity index (χ0n) is 11.2. The molecule has 2 aromatic carbocycles. The van der Waals surface area contributed by atoms with Crippen molar-refractivity contribution in [3.8, 4) is 17.2 Å². The summed E-state index contributed by atoms with van der Waals surface area (Å²) in [6.07, 6.45) is 0.0713. The third-order valence-electron chi connectivity index (χ3n) is 3.31. The van der Waals surface area contributed by atoms with E-state index in [0.29, 0.717) is 12.4 Å². The van der Waals surface area contributed by atoms with E-state index in [0.717, 1.165) is 24.6 Å². The molecule has 0 saturated carbocycles. The van der Waals surface area contributed by atoms with Crippen molar-refractivity contribution in [1.29, 1.82) is 0 Å². The van der Waals surface area contributed by atoms with E-state index in [1.54, 1.807) is 12.1 Å². The second-order valence-corrected chi connectivity index (χ2v) is 4.89. The van der Waals surface area contributed by atoms with Crippen LogP contribution in [0.2, 0.25) is 0 Å². The summed E-state index contributed by atoms with van der Waals surface area (Å²) < 4.78 is 11.6. The van der Waals surface area contributed by atoms with Crippen molar-refractivity contribution >= 4 is 0 Å². The molecule has 0 spiro atoms. The molecule has 1 aliphatic heterocycles. The SMILES string of the molecule is Oc1ccc(C[NH2+]C[C@@H]2COc3ccccc3O2)cc1. The number of phenols is 1. The van der Waals surface area contributed by atoms with Gasteiger partial charge in [0, 0.05) is 5.56 Å². The van der Waals surface area contributed by atoms with E-state index in [1.165, 1.54) is 5.56 Å². The highest BCUT2D eigenvalue weighted by Gasteiger charge is 2.21. The van der Waals surface area contributed by atoms with E-state index in [9.17, 15) is 5.11 Å². The molecule has 1 heterocycles. The van der Waals surface area contributed by atoms with Crippen LogP contribution in [0.5, 0.6) is 17.2 Å². The highest BCUT2D eigenvalue weighted by Crippen LogP contribution is 2.30. The Kier molecular flexibility index (Phi) is 3.74. The summed E-state index contributed by atoms with van der Waals surface area (Å²) in [7, 11) is 0. The quantitative estimate of drug-likeness (QED) is 0.882. The number of hydrogen-bond acceptors (Lipinski definition) is 3. The van der Waals surface area contributed by atoms with Gasteiger partial charge in [0.05, 0.1) is 0 Å². The summed E-state index contributed by atoms with van der Waals surface area (Å²) in [6.45, 7) is 2.29. The molecule has 0 radical (unpaired) electrons. The van der Waals surface area contributed by atoms with Gasteiger partial charge in [0.25, 0.3) is 0 Å². The van der Waals surface area contributed by atoms with Crippen molar-refractivity contribution in [2.45, 2.75) is 12.6 Å². The number of ether oxygens (including phenoxy) is 2. The summed E-state index contributed by atoms with van der Waals surface area (Å²) in [4.78, 5) is 0. The minimum absolute atomic E-state index is 0.0713. The van der Waals surface area contributed by atoms with E-state index in [-0.39, 0.29) is 6.10 Å². The Balaban J connectivity index is 1.49. The van der Waals surface area contributed by atoms with Crippen LogP contribution in [0.25, 0.3) is 0 Å². The summed E-state index contributed by atoms with van der Waals surface area (Å²) >= 11 is 0. The number of quaternary nitrogens is 1. The van der Waals surface area contributed by atoms with Gasteiger partial charge in [0.15, 0.2) is 17.6 Å². The molecule has 104 valence electrons. The van der Waals surface area contributed by atoms with Crippen LogP contribution >= 0.6 is 0 Å². The number of hydrogen-bond donors (Lipinski definition) is 2. The number of nitrogens with two attached hydrogens (primary N) is 1. The molecular formula is C16H18NO3+. The number of aromatic hydroxyl groups is 1. The molecule has 0 fully saturated rings. The van der Waals surface area contributed by atoms with Gasteiger partial charge >= 0.3 is 0 Å². The summed E-state index contributed by atoms with van der Waals surface area (Å²) in [5.74, 6) is 1.94. The van der Waals surface area contributed by atoms with Crippen LogP contribution in [0, 0.1) is 0 Å². The zero-order chi connectivity index (χ0) is 13.8. The first kappa shape index (κ1) is 12.8. The topological polar surface area (TPSA) is 55.3 Å². The monoisotopic (exact) mass is 272 g/mol. The van der Waals surface area contributed by atoms with Crippen LogP contribution in [-0.4, -0.2) is 24.4 Å². The van der Waals surface area contributed by atoms with E-state index >= 15 is 0 Å². The molecule has 4 nitrogen and oxygen atoms in total. The number of phenolic OH excluding ortho intramolecular Hbond substituents is 1. The molecule has 4 heteroatoms. The number of rotatable bonds is 4. The second-order valence-electron chi connectivity index (χ2n) is 4.89. The van der Waals surface area contributed by atoms with Crippen molar-refractivity contribution in [1.82, 2.24) is 0 Å². The fraction of sp³-hybridized carbons (Fsp3) is 0.250. The normalized spacial score (nSPS) is 16.9. The standard InChI is InChI=1S/C16H17NO3/c18-13-7-5-12(6-8-13)9-17-10-14-11-19-15-3-1-2-4-16(15)20-14/h1-8,14,17-18H,9-11H2/p+1/t14-/m1/s1. The molecule has 20 heavy (non-hydrogen) atoms. The Hall–Kier alpha value is -2.20. The predicted octanol–water partition coefficient (Wildman–Crippen LogP) is 1.30. The Labute approximate surface area is 118 Å². The summed E-state index contributed by atoms with van der Waals surface area (Å²) in [5, 5.41) is 11.4. The average Bonchev–Trinajstić information content (AvgIpc) is 2.49. The maximum atomic E-state index is 9.23. The molecule has 1 aliphatic rings. The Morgan fingerprint density at radius 1 is 1.05 bits per heavy atom. The van der Waals surface area contributed by atoms with Crippen molar-refractivity contribution in [2.75, 3.05) is 13.2 Å². The zero-order valence-corrected chi connectivity index (χ0v) is 11.2. The lowest BCUT2D eigenvalue weighted by Crippen LogP contribution is -2.85. The van der Waals surface area contributed by atoms with Crippen molar-refractivity contribution in [2.24, 2.45) is 0 Å². The molecule has 3 N–H and O–H groups in total. The average molecular weight is 272 g/mol. The Morgan fingerprint density at radius 2 is 1.80 bits per heavy atom. The van der Waals surface area contributed by atoms with Crippen molar-refractivity contribution in [3.05, 3.63) is 54.1 Å². The predicted molar refractivity (Wildman–Crippen MR) is 75.0 cm³/mol. The molecule has 2 aromatic rings. The largest absolute Gasteiger partial charge is 0.508 e. The molecule has 0 aliphatic carbocycles. The van der Waals surface area contributed by atoms with E-state index in [2.05, 4.69) is 5.32 Å². The van der Waals surface area contributed by atoms with Crippen LogP contribution < -0.4 is 14.8 Å². The van der Waals surface area contributed by atoms with Gasteiger partial charge in [-0.25, -0.2) is 0 Å². The minimum Gasteiger partial charge on any atom is -0.508 e. The van der Waals surface area contributed by atoms with Crippen molar-refractivity contribution in [3.63, 3.8) is 0 Å². The highest BCUT2D eigenvalue weighted by molar-refractivity contribution is 5.40. The van der Waals surface area contributed by atoms with Gasteiger partial charge < -0.3 is 19.9 Å². The fourth-order valence-electron chi connectivity index (χ4n) is 2.25. The first-order valence-electron chi connectivity index (χ1n) is 6.79. The van der Waals surface area contributed by atoms with Crippen LogP contribution in [-0.2, 0) is 6.54 Å². The molecule has 1 atom stereocenters. The van der Waals surface area contributed by atoms with Crippen LogP contribution in [0.4, 0.5) is 0 Å². The van der Waals surface area contributed by atoms with Gasteiger partial charge in [0.2, 0.25) is 0 Å². The molecule has 0 amide bonds. The smallest absolute Gasteiger partial charge is 0.181 e. The number of benzene rings is 2. The van der Waals surface area contributed by atoms with Gasteiger partial charge in [0.1, 0.15) is 25.4 Å². The fourth-order valence-corrected chi connectivity index (χ4v) is 2.25. The Bertz CT molecular complexity index is 568. The number of para-hydroxylation sites is 2. The number of fused-ring (bicyclic) bond motifs is 1. The summed E-state index contributed by atoms with van der Waals surface area (Å²) in [6, 6.07) is 15.0. The molecule has 3 rings (SSSR count). The van der Waals surface area contributed by atoms with E-state index < -0.39 is 0 Å². The highest BCUT2D eigenvalue weighted by atomic mass is 16.6.